The summed E-state index contributed by atoms with van der Waals surface area (Å²) in [5.74, 6) is -2.25. The maximum absolute atomic E-state index is 14.8. The monoisotopic (exact) mass is 606 g/mol. The third kappa shape index (κ3) is 7.46. The molecule has 2 heterocycles. The summed E-state index contributed by atoms with van der Waals surface area (Å²) in [5.41, 5.74) is 2.75. The fourth-order valence-corrected chi connectivity index (χ4v) is 4.74. The summed E-state index contributed by atoms with van der Waals surface area (Å²) in [6.07, 6.45) is 8.17. The molecule has 0 fully saturated rings. The lowest BCUT2D eigenvalue weighted by Gasteiger charge is -2.16. The van der Waals surface area contributed by atoms with Crippen molar-refractivity contribution >= 4 is 35.3 Å². The van der Waals surface area contributed by atoms with Crippen LogP contribution in [0.3, 0.4) is 0 Å². The molecule has 0 bridgehead atoms. The van der Waals surface area contributed by atoms with Crippen LogP contribution in [0.25, 0.3) is 16.9 Å². The molecule has 0 aliphatic heterocycles. The number of ether oxygens (including phenoxy) is 1. The minimum atomic E-state index is -1.08. The maximum atomic E-state index is 14.8. The van der Waals surface area contributed by atoms with Gasteiger partial charge in [-0.05, 0) is 62.1 Å². The number of hydrogen-bond acceptors (Lipinski definition) is 7. The minimum Gasteiger partial charge on any atom is -0.494 e. The van der Waals surface area contributed by atoms with Crippen molar-refractivity contribution in [2.75, 3.05) is 25.5 Å². The van der Waals surface area contributed by atoms with Crippen LogP contribution < -0.4 is 26.0 Å². The van der Waals surface area contributed by atoms with Gasteiger partial charge in [0.15, 0.2) is 23.0 Å². The number of methoxy groups -OCH3 is 1. The molecular weight excluding hydrogens is 570 g/mol. The zero-order valence-corrected chi connectivity index (χ0v) is 24.8. The van der Waals surface area contributed by atoms with Crippen molar-refractivity contribution in [2.24, 2.45) is 0 Å². The van der Waals surface area contributed by atoms with E-state index >= 15 is 0 Å². The van der Waals surface area contributed by atoms with Crippen LogP contribution in [0, 0.1) is 17.0 Å². The molecule has 232 valence electrons. The number of benzene rings is 2. The molecule has 0 spiro atoms. The van der Waals surface area contributed by atoms with Gasteiger partial charge in [-0.3, -0.25) is 19.4 Å². The van der Waals surface area contributed by atoms with Crippen LogP contribution in [-0.2, 0) is 11.2 Å². The number of anilines is 2. The van der Waals surface area contributed by atoms with Gasteiger partial charge in [0.05, 0.1) is 25.3 Å². The third-order valence-corrected chi connectivity index (χ3v) is 7.02. The first-order chi connectivity index (χ1) is 21.3. The van der Waals surface area contributed by atoms with E-state index < -0.39 is 11.6 Å². The van der Waals surface area contributed by atoms with Crippen molar-refractivity contribution < 1.29 is 23.1 Å². The number of fused-ring (bicyclic) bond motifs is 1. The van der Waals surface area contributed by atoms with E-state index in [0.29, 0.717) is 54.2 Å². The average molecular weight is 607 g/mol. The molecule has 0 aliphatic rings. The fourth-order valence-electron chi connectivity index (χ4n) is 4.74. The van der Waals surface area contributed by atoms with Gasteiger partial charge in [0.1, 0.15) is 0 Å². The molecule has 5 N–H and O–H groups in total. The Morgan fingerprint density at radius 2 is 1.95 bits per heavy atom. The topological polar surface area (TPSA) is 146 Å². The Morgan fingerprint density at radius 3 is 2.70 bits per heavy atom. The van der Waals surface area contributed by atoms with E-state index in [1.165, 1.54) is 31.6 Å². The van der Waals surface area contributed by atoms with Crippen LogP contribution >= 0.6 is 0 Å². The highest BCUT2D eigenvalue weighted by Gasteiger charge is 2.20. The molecule has 44 heavy (non-hydrogen) atoms. The van der Waals surface area contributed by atoms with Gasteiger partial charge in [-0.25, -0.2) is 14.4 Å². The highest BCUT2D eigenvalue weighted by molar-refractivity contribution is 5.96. The summed E-state index contributed by atoms with van der Waals surface area (Å²) >= 11 is 0. The number of amides is 2. The van der Waals surface area contributed by atoms with E-state index in [-0.39, 0.29) is 35.7 Å². The first-order valence-electron chi connectivity index (χ1n) is 14.3. The summed E-state index contributed by atoms with van der Waals surface area (Å²) in [7, 11) is 1.27. The van der Waals surface area contributed by atoms with Crippen LogP contribution in [0.4, 0.5) is 20.3 Å². The highest BCUT2D eigenvalue weighted by Crippen LogP contribution is 2.31. The van der Waals surface area contributed by atoms with Crippen molar-refractivity contribution in [3.05, 3.63) is 71.7 Å². The molecule has 0 saturated heterocycles. The largest absolute Gasteiger partial charge is 0.494 e. The van der Waals surface area contributed by atoms with Crippen molar-refractivity contribution in [2.45, 2.75) is 45.6 Å². The van der Waals surface area contributed by atoms with Gasteiger partial charge in [-0.1, -0.05) is 6.92 Å². The number of imidazole rings is 1. The number of halogens is 2. The van der Waals surface area contributed by atoms with Gasteiger partial charge in [-0.15, -0.1) is 0 Å². The number of unbranched alkanes of at least 4 members (excludes halogenated alkanes) is 1. The average Bonchev–Trinajstić information content (AvgIpc) is 3.46. The van der Waals surface area contributed by atoms with Crippen LogP contribution in [0.5, 0.6) is 5.75 Å². The maximum Gasteiger partial charge on any atom is 0.251 e. The van der Waals surface area contributed by atoms with Crippen molar-refractivity contribution in [3.8, 4) is 17.0 Å². The summed E-state index contributed by atoms with van der Waals surface area (Å²) in [6, 6.07) is 7.86. The second-order valence-electron chi connectivity index (χ2n) is 10.1. The normalized spacial score (nSPS) is 11.6. The number of aromatic nitrogens is 3. The predicted molar refractivity (Wildman–Crippen MR) is 165 cm³/mol. The third-order valence-electron chi connectivity index (χ3n) is 7.02. The lowest BCUT2D eigenvalue weighted by Crippen LogP contribution is -2.42. The molecule has 2 aromatic heterocycles. The lowest BCUT2D eigenvalue weighted by atomic mass is 10.0. The second-order valence-corrected chi connectivity index (χ2v) is 10.1. The molecule has 2 amide bonds. The summed E-state index contributed by atoms with van der Waals surface area (Å²) in [5, 5.41) is 18.7. The van der Waals surface area contributed by atoms with E-state index in [1.54, 1.807) is 22.7 Å². The van der Waals surface area contributed by atoms with Gasteiger partial charge in [0.2, 0.25) is 11.7 Å². The van der Waals surface area contributed by atoms with E-state index in [4.69, 9.17) is 10.1 Å². The Kier molecular flexibility index (Phi) is 10.8. The van der Waals surface area contributed by atoms with E-state index in [0.717, 1.165) is 18.3 Å². The summed E-state index contributed by atoms with van der Waals surface area (Å²) < 4.78 is 35.7. The molecule has 4 aromatic rings. The SMILES string of the molecule is CCc1cc(Nc2nccn3c(-c4ccc(OC)c(F)c4F)cnc23)ccc1C(=O)NC[C@@H](C)NC(=O)CCCCNC=N. The molecule has 0 saturated carbocycles. The van der Waals surface area contributed by atoms with Crippen LogP contribution in [-0.4, -0.2) is 58.8 Å². The number of nitrogens with one attached hydrogen (secondary N) is 5. The predicted octanol–water partition coefficient (Wildman–Crippen LogP) is 4.59. The van der Waals surface area contributed by atoms with Gasteiger partial charge in [-0.2, -0.15) is 4.39 Å². The first-order valence-corrected chi connectivity index (χ1v) is 14.3. The van der Waals surface area contributed by atoms with Crippen LogP contribution in [0.2, 0.25) is 0 Å². The number of carbonyl (C=O) groups excluding carboxylic acids is 2. The minimum absolute atomic E-state index is 0.0261. The quantitative estimate of drug-likeness (QED) is 0.0756. The number of aryl methyl sites for hydroxylation is 1. The van der Waals surface area contributed by atoms with Crippen molar-refractivity contribution in [1.82, 2.24) is 30.3 Å². The zero-order valence-electron chi connectivity index (χ0n) is 24.8. The number of carbonyl (C=O) groups is 2. The van der Waals surface area contributed by atoms with Gasteiger partial charge in [0, 0.05) is 54.8 Å². The van der Waals surface area contributed by atoms with Gasteiger partial charge < -0.3 is 26.0 Å². The van der Waals surface area contributed by atoms with Gasteiger partial charge >= 0.3 is 0 Å². The number of hydrogen-bond donors (Lipinski definition) is 5. The molecule has 2 aromatic carbocycles. The smallest absolute Gasteiger partial charge is 0.251 e. The molecule has 13 heteroatoms. The molecule has 11 nitrogen and oxygen atoms in total. The Balaban J connectivity index is 1.42. The van der Waals surface area contributed by atoms with E-state index in [2.05, 4.69) is 31.2 Å². The Labute approximate surface area is 253 Å². The summed E-state index contributed by atoms with van der Waals surface area (Å²) in [4.78, 5) is 33.9. The van der Waals surface area contributed by atoms with Crippen LogP contribution in [0.1, 0.15) is 49.0 Å². The van der Waals surface area contributed by atoms with Crippen LogP contribution in [0.15, 0.2) is 48.9 Å². The van der Waals surface area contributed by atoms with E-state index in [1.807, 2.05) is 19.9 Å². The number of nitrogens with zero attached hydrogens (tertiary/aromatic N) is 3. The number of rotatable bonds is 15. The van der Waals surface area contributed by atoms with Gasteiger partial charge in [0.25, 0.3) is 5.91 Å². The Hall–Kier alpha value is -5.07. The molecule has 0 aliphatic carbocycles. The van der Waals surface area contributed by atoms with E-state index in [9.17, 15) is 18.4 Å². The molecule has 1 atom stereocenters. The fraction of sp³-hybridized carbons (Fsp3) is 0.323. The lowest BCUT2D eigenvalue weighted by molar-refractivity contribution is -0.121. The Bertz CT molecular complexity index is 1640. The molecular formula is C31H36F2N8O3. The molecule has 0 radical (unpaired) electrons. The standard InChI is InChI=1S/C31H36F2N8O3/c1-4-20-15-21(8-9-22(20)31(43)38-16-19(2)39-26(42)7-5-6-12-35-18-34)40-29-30-37-17-24(41(30)14-13-36-29)23-10-11-25(44-3)28(33)27(23)32/h8-11,13-15,17-19H,4-7,12,16H2,1-3H3,(H2,34,35)(H,36,40)(H,38,43)(H,39,42)/t19-/m1/s1. The van der Waals surface area contributed by atoms with Crippen molar-refractivity contribution in [3.63, 3.8) is 0 Å². The Morgan fingerprint density at radius 1 is 1.14 bits per heavy atom. The second kappa shape index (κ2) is 14.9. The first kappa shape index (κ1) is 31.9. The van der Waals surface area contributed by atoms with Crippen molar-refractivity contribution in [1.29, 1.82) is 5.41 Å². The molecule has 4 rings (SSSR count). The highest BCUT2D eigenvalue weighted by atomic mass is 19.2. The zero-order chi connectivity index (χ0) is 31.6. The molecule has 0 unspecified atom stereocenters. The summed E-state index contributed by atoms with van der Waals surface area (Å²) in [6.45, 7) is 4.70.